The number of pyridine rings is 1. The van der Waals surface area contributed by atoms with Crippen molar-refractivity contribution in [3.63, 3.8) is 0 Å². The van der Waals surface area contributed by atoms with Crippen LogP contribution in [0.2, 0.25) is 5.02 Å². The van der Waals surface area contributed by atoms with Crippen LogP contribution in [0.4, 0.5) is 15.9 Å². The minimum Gasteiger partial charge on any atom is -0.399 e. The highest BCUT2D eigenvalue weighted by Gasteiger charge is 2.12. The first-order valence-corrected chi connectivity index (χ1v) is 5.42. The fourth-order valence-electron chi connectivity index (χ4n) is 1.35. The minimum absolute atomic E-state index is 0.0963. The molecule has 0 fully saturated rings. The Hall–Kier alpha value is -2.14. The van der Waals surface area contributed by atoms with Crippen molar-refractivity contribution in [2.75, 3.05) is 11.1 Å². The summed E-state index contributed by atoms with van der Waals surface area (Å²) in [5.41, 5.74) is 5.56. The van der Waals surface area contributed by atoms with Gasteiger partial charge < -0.3 is 11.1 Å². The Morgan fingerprint density at radius 2 is 2.11 bits per heavy atom. The van der Waals surface area contributed by atoms with Crippen molar-refractivity contribution in [1.29, 1.82) is 0 Å². The number of nitrogen functional groups attached to an aromatic ring is 1. The molecule has 0 saturated heterocycles. The van der Waals surface area contributed by atoms with Crippen LogP contribution in [0.1, 0.15) is 10.4 Å². The van der Waals surface area contributed by atoms with Gasteiger partial charge in [-0.05, 0) is 30.3 Å². The van der Waals surface area contributed by atoms with E-state index in [-0.39, 0.29) is 11.3 Å². The molecule has 3 N–H and O–H groups in total. The first-order chi connectivity index (χ1) is 8.56. The van der Waals surface area contributed by atoms with E-state index in [1.165, 1.54) is 24.4 Å². The van der Waals surface area contributed by atoms with E-state index in [0.29, 0.717) is 10.8 Å². The number of rotatable bonds is 2. The third-order valence-corrected chi connectivity index (χ3v) is 2.43. The number of carbonyl (C=O) groups is 1. The molecule has 0 saturated carbocycles. The highest BCUT2D eigenvalue weighted by atomic mass is 35.5. The fraction of sp³-hybridized carbons (Fsp3) is 0. The summed E-state index contributed by atoms with van der Waals surface area (Å²) in [5, 5.41) is 2.91. The summed E-state index contributed by atoms with van der Waals surface area (Å²) in [6, 6.07) is 6.95. The Kier molecular flexibility index (Phi) is 3.43. The zero-order valence-electron chi connectivity index (χ0n) is 9.15. The summed E-state index contributed by atoms with van der Waals surface area (Å²) in [7, 11) is 0. The van der Waals surface area contributed by atoms with Gasteiger partial charge in [0.05, 0.1) is 10.6 Å². The number of carbonyl (C=O) groups excluding carboxylic acids is 1. The molecule has 4 nitrogen and oxygen atoms in total. The van der Waals surface area contributed by atoms with Gasteiger partial charge in [-0.1, -0.05) is 11.6 Å². The number of halogens is 2. The van der Waals surface area contributed by atoms with Crippen LogP contribution in [0.15, 0.2) is 36.5 Å². The SMILES string of the molecule is Nc1ccc(C(=O)Nc2ccc(Cl)cn2)c(F)c1. The quantitative estimate of drug-likeness (QED) is 0.821. The standard InChI is InChI=1S/C12H9ClFN3O/c13-7-1-4-11(16-6-7)17-12(18)9-3-2-8(15)5-10(9)14/h1-6H,15H2,(H,16,17,18). The maximum atomic E-state index is 13.5. The van der Waals surface area contributed by atoms with Gasteiger partial charge in [0, 0.05) is 11.9 Å². The van der Waals surface area contributed by atoms with Crippen LogP contribution in [-0.2, 0) is 0 Å². The van der Waals surface area contributed by atoms with Crippen LogP contribution >= 0.6 is 11.6 Å². The lowest BCUT2D eigenvalue weighted by atomic mass is 10.2. The molecular weight excluding hydrogens is 257 g/mol. The summed E-state index contributed by atoms with van der Waals surface area (Å²) in [5.74, 6) is -0.982. The molecule has 0 spiro atoms. The molecule has 0 atom stereocenters. The Balaban J connectivity index is 2.19. The zero-order valence-corrected chi connectivity index (χ0v) is 9.91. The summed E-state index contributed by atoms with van der Waals surface area (Å²) >= 11 is 5.66. The third-order valence-electron chi connectivity index (χ3n) is 2.21. The number of anilines is 2. The first kappa shape index (κ1) is 12.3. The second kappa shape index (κ2) is 5.01. The summed E-state index contributed by atoms with van der Waals surface area (Å²) < 4.78 is 13.5. The van der Waals surface area contributed by atoms with E-state index in [1.54, 1.807) is 6.07 Å². The largest absolute Gasteiger partial charge is 0.399 e. The molecular formula is C12H9ClFN3O. The number of amides is 1. The molecule has 0 aliphatic carbocycles. The highest BCUT2D eigenvalue weighted by molar-refractivity contribution is 6.30. The van der Waals surface area contributed by atoms with Gasteiger partial charge in [-0.15, -0.1) is 0 Å². The average Bonchev–Trinajstić information content (AvgIpc) is 2.32. The summed E-state index contributed by atoms with van der Waals surface area (Å²) in [6.07, 6.45) is 1.39. The predicted octanol–water partition coefficient (Wildman–Crippen LogP) is 2.71. The fourth-order valence-corrected chi connectivity index (χ4v) is 1.46. The lowest BCUT2D eigenvalue weighted by Gasteiger charge is -2.05. The smallest absolute Gasteiger partial charge is 0.259 e. The van der Waals surface area contributed by atoms with Crippen LogP contribution in [0.3, 0.4) is 0 Å². The van der Waals surface area contributed by atoms with Gasteiger partial charge in [0.2, 0.25) is 0 Å². The second-order valence-electron chi connectivity index (χ2n) is 3.56. The molecule has 0 bridgehead atoms. The molecule has 0 unspecified atom stereocenters. The lowest BCUT2D eigenvalue weighted by Crippen LogP contribution is -2.14. The number of nitrogens with two attached hydrogens (primary N) is 1. The molecule has 1 aromatic heterocycles. The molecule has 1 heterocycles. The van der Waals surface area contributed by atoms with Crippen molar-refractivity contribution in [2.45, 2.75) is 0 Å². The molecule has 2 rings (SSSR count). The number of nitrogens with one attached hydrogen (secondary N) is 1. The molecule has 1 amide bonds. The van der Waals surface area contributed by atoms with Gasteiger partial charge in [0.1, 0.15) is 11.6 Å². The number of hydrogen-bond donors (Lipinski definition) is 2. The van der Waals surface area contributed by atoms with Crippen LogP contribution in [0.5, 0.6) is 0 Å². The van der Waals surface area contributed by atoms with Gasteiger partial charge in [0.15, 0.2) is 0 Å². The second-order valence-corrected chi connectivity index (χ2v) is 3.99. The van der Waals surface area contributed by atoms with Gasteiger partial charge in [0.25, 0.3) is 5.91 Å². The van der Waals surface area contributed by atoms with E-state index in [1.807, 2.05) is 0 Å². The summed E-state index contributed by atoms with van der Waals surface area (Å²) in [4.78, 5) is 15.6. The van der Waals surface area contributed by atoms with E-state index in [0.717, 1.165) is 6.07 Å². The number of hydrogen-bond acceptors (Lipinski definition) is 3. The minimum atomic E-state index is -0.679. The maximum Gasteiger partial charge on any atom is 0.259 e. The average molecular weight is 266 g/mol. The predicted molar refractivity (Wildman–Crippen MR) is 68.0 cm³/mol. The van der Waals surface area contributed by atoms with Crippen LogP contribution in [0.25, 0.3) is 0 Å². The Labute approximate surface area is 108 Å². The molecule has 6 heteroatoms. The van der Waals surface area contributed by atoms with Gasteiger partial charge >= 0.3 is 0 Å². The van der Waals surface area contributed by atoms with Crippen LogP contribution < -0.4 is 11.1 Å². The topological polar surface area (TPSA) is 68.0 Å². The molecule has 0 aliphatic rings. The van der Waals surface area contributed by atoms with E-state index in [2.05, 4.69) is 10.3 Å². The van der Waals surface area contributed by atoms with Crippen molar-refractivity contribution in [2.24, 2.45) is 0 Å². The van der Waals surface area contributed by atoms with Crippen molar-refractivity contribution in [1.82, 2.24) is 4.98 Å². The highest BCUT2D eigenvalue weighted by Crippen LogP contribution is 2.14. The van der Waals surface area contributed by atoms with Crippen molar-refractivity contribution in [3.05, 3.63) is 52.9 Å². The summed E-state index contributed by atoms with van der Waals surface area (Å²) in [6.45, 7) is 0. The first-order valence-electron chi connectivity index (χ1n) is 5.04. The van der Waals surface area contributed by atoms with E-state index in [9.17, 15) is 9.18 Å². The molecule has 18 heavy (non-hydrogen) atoms. The van der Waals surface area contributed by atoms with E-state index >= 15 is 0 Å². The maximum absolute atomic E-state index is 13.5. The Bertz CT molecular complexity index is 586. The monoisotopic (exact) mass is 265 g/mol. The lowest BCUT2D eigenvalue weighted by molar-refractivity contribution is 0.102. The number of benzene rings is 1. The van der Waals surface area contributed by atoms with Crippen LogP contribution in [-0.4, -0.2) is 10.9 Å². The number of nitrogens with zero attached hydrogens (tertiary/aromatic N) is 1. The van der Waals surface area contributed by atoms with Crippen LogP contribution in [0, 0.1) is 5.82 Å². The van der Waals surface area contributed by atoms with E-state index < -0.39 is 11.7 Å². The molecule has 1 aromatic carbocycles. The zero-order chi connectivity index (χ0) is 13.1. The number of aromatic nitrogens is 1. The Morgan fingerprint density at radius 1 is 1.33 bits per heavy atom. The molecule has 2 aromatic rings. The van der Waals surface area contributed by atoms with Crippen molar-refractivity contribution in [3.8, 4) is 0 Å². The van der Waals surface area contributed by atoms with Crippen molar-refractivity contribution < 1.29 is 9.18 Å². The van der Waals surface area contributed by atoms with Gasteiger partial charge in [-0.25, -0.2) is 9.37 Å². The van der Waals surface area contributed by atoms with E-state index in [4.69, 9.17) is 17.3 Å². The van der Waals surface area contributed by atoms with Gasteiger partial charge in [-0.3, -0.25) is 4.79 Å². The normalized spacial score (nSPS) is 10.1. The molecule has 0 radical (unpaired) electrons. The molecule has 92 valence electrons. The Morgan fingerprint density at radius 3 is 2.72 bits per heavy atom. The third kappa shape index (κ3) is 2.75. The van der Waals surface area contributed by atoms with Gasteiger partial charge in [-0.2, -0.15) is 0 Å². The van der Waals surface area contributed by atoms with Crippen molar-refractivity contribution >= 4 is 29.0 Å². The molecule has 0 aliphatic heterocycles.